The average Bonchev–Trinajstić information content (AvgIpc) is 2.68. The first kappa shape index (κ1) is 19.9. The summed E-state index contributed by atoms with van der Waals surface area (Å²) in [5.41, 5.74) is 0. The van der Waals surface area contributed by atoms with Gasteiger partial charge >= 0.3 is 0 Å². The molecule has 3 heteroatoms. The first-order chi connectivity index (χ1) is 11.1. The minimum Gasteiger partial charge on any atom is -0.306 e. The first-order valence-electron chi connectivity index (χ1n) is 10.0. The van der Waals surface area contributed by atoms with Crippen molar-refractivity contribution in [3.8, 4) is 0 Å². The van der Waals surface area contributed by atoms with Gasteiger partial charge in [-0.2, -0.15) is 0 Å². The molecule has 0 amide bonds. The number of rotatable bonds is 7. The summed E-state index contributed by atoms with van der Waals surface area (Å²) in [4.78, 5) is 2.61. The van der Waals surface area contributed by atoms with Gasteiger partial charge in [0.1, 0.15) is 0 Å². The molecule has 2 aliphatic rings. The number of nitrogens with zero attached hydrogens (tertiary/aromatic N) is 1. The van der Waals surface area contributed by atoms with Crippen LogP contribution in [-0.4, -0.2) is 35.8 Å². The molecule has 2 unspecified atom stereocenters. The van der Waals surface area contributed by atoms with Crippen molar-refractivity contribution in [2.45, 2.75) is 88.3 Å². The van der Waals surface area contributed by atoms with Crippen molar-refractivity contribution in [1.29, 1.82) is 0 Å². The highest BCUT2D eigenvalue weighted by Gasteiger charge is 2.27. The van der Waals surface area contributed by atoms with Crippen LogP contribution in [0, 0.1) is 17.8 Å². The van der Waals surface area contributed by atoms with E-state index in [-0.39, 0.29) is 5.38 Å². The van der Waals surface area contributed by atoms with Crippen LogP contribution >= 0.6 is 23.2 Å². The Bertz CT molecular complexity index is 317. The molecule has 2 fully saturated rings. The Morgan fingerprint density at radius 2 is 1.70 bits per heavy atom. The molecule has 0 spiro atoms. The van der Waals surface area contributed by atoms with Crippen molar-refractivity contribution in [3.63, 3.8) is 0 Å². The lowest BCUT2D eigenvalue weighted by Gasteiger charge is -2.34. The highest BCUT2D eigenvalue weighted by atomic mass is 35.5. The molecule has 2 aliphatic carbocycles. The standard InChI is InChI=1S/C20H37Cl2N/c1-3-7-18(17-8-5-4-6-9-17)15-23(2)14-16-10-11-19(21)13-20(22)12-16/h16-20H,3-15H2,1-2H3/t16?,18?,19-,20+/m1/s1. The van der Waals surface area contributed by atoms with Gasteiger partial charge in [-0.25, -0.2) is 0 Å². The predicted molar refractivity (Wildman–Crippen MR) is 104 cm³/mol. The summed E-state index contributed by atoms with van der Waals surface area (Å²) in [5.74, 6) is 2.62. The van der Waals surface area contributed by atoms with Gasteiger partial charge in [0.2, 0.25) is 0 Å². The van der Waals surface area contributed by atoms with Crippen LogP contribution in [0.5, 0.6) is 0 Å². The Kier molecular flexibility index (Phi) is 9.08. The molecule has 2 saturated carbocycles. The van der Waals surface area contributed by atoms with Crippen molar-refractivity contribution in [1.82, 2.24) is 4.90 Å². The zero-order valence-corrected chi connectivity index (χ0v) is 16.8. The average molecular weight is 362 g/mol. The lowest BCUT2D eigenvalue weighted by molar-refractivity contribution is 0.157. The van der Waals surface area contributed by atoms with E-state index in [1.807, 2.05) is 0 Å². The van der Waals surface area contributed by atoms with Crippen molar-refractivity contribution in [2.75, 3.05) is 20.1 Å². The minimum atomic E-state index is 0.281. The zero-order valence-electron chi connectivity index (χ0n) is 15.3. The van der Waals surface area contributed by atoms with E-state index in [1.54, 1.807) is 0 Å². The molecular weight excluding hydrogens is 325 g/mol. The molecule has 2 rings (SSSR count). The maximum absolute atomic E-state index is 6.47. The van der Waals surface area contributed by atoms with E-state index in [4.69, 9.17) is 23.2 Å². The molecule has 0 N–H and O–H groups in total. The maximum atomic E-state index is 6.47. The van der Waals surface area contributed by atoms with Gasteiger partial charge in [-0.1, -0.05) is 45.4 Å². The van der Waals surface area contributed by atoms with Gasteiger partial charge in [-0.15, -0.1) is 23.2 Å². The third kappa shape index (κ3) is 7.12. The van der Waals surface area contributed by atoms with Crippen LogP contribution in [-0.2, 0) is 0 Å². The quantitative estimate of drug-likeness (QED) is 0.378. The van der Waals surface area contributed by atoms with E-state index < -0.39 is 0 Å². The van der Waals surface area contributed by atoms with Crippen LogP contribution in [0.1, 0.15) is 77.6 Å². The van der Waals surface area contributed by atoms with E-state index >= 15 is 0 Å². The van der Waals surface area contributed by atoms with E-state index in [9.17, 15) is 0 Å². The molecule has 0 aromatic carbocycles. The summed E-state index contributed by atoms with van der Waals surface area (Å²) in [5, 5.41) is 0.575. The molecule has 4 atom stereocenters. The number of hydrogen-bond acceptors (Lipinski definition) is 1. The summed E-state index contributed by atoms with van der Waals surface area (Å²) in [6.45, 7) is 4.84. The Morgan fingerprint density at radius 1 is 0.957 bits per heavy atom. The lowest BCUT2D eigenvalue weighted by atomic mass is 9.78. The van der Waals surface area contributed by atoms with Crippen LogP contribution in [0.3, 0.4) is 0 Å². The predicted octanol–water partition coefficient (Wildman–Crippen LogP) is 6.32. The first-order valence-corrected chi connectivity index (χ1v) is 10.9. The van der Waals surface area contributed by atoms with Crippen LogP contribution in [0.25, 0.3) is 0 Å². The fourth-order valence-electron chi connectivity index (χ4n) is 4.92. The summed E-state index contributed by atoms with van der Waals surface area (Å²) in [6.07, 6.45) is 14.6. The molecule has 23 heavy (non-hydrogen) atoms. The molecule has 0 heterocycles. The van der Waals surface area contributed by atoms with Gasteiger partial charge in [0.15, 0.2) is 0 Å². The summed E-state index contributed by atoms with van der Waals surface area (Å²) >= 11 is 12.8. The summed E-state index contributed by atoms with van der Waals surface area (Å²) < 4.78 is 0. The van der Waals surface area contributed by atoms with Crippen molar-refractivity contribution in [2.24, 2.45) is 17.8 Å². The van der Waals surface area contributed by atoms with Gasteiger partial charge in [-0.3, -0.25) is 0 Å². The third-order valence-corrected chi connectivity index (χ3v) is 6.83. The normalized spacial score (nSPS) is 32.0. The Morgan fingerprint density at radius 3 is 2.39 bits per heavy atom. The zero-order chi connectivity index (χ0) is 16.7. The fraction of sp³-hybridized carbons (Fsp3) is 1.00. The van der Waals surface area contributed by atoms with E-state index in [2.05, 4.69) is 18.9 Å². The van der Waals surface area contributed by atoms with Crippen molar-refractivity contribution in [3.05, 3.63) is 0 Å². The smallest absolute Gasteiger partial charge is 0.0353 e. The van der Waals surface area contributed by atoms with Gasteiger partial charge in [0, 0.05) is 23.8 Å². The van der Waals surface area contributed by atoms with E-state index in [0.717, 1.165) is 37.0 Å². The molecule has 0 radical (unpaired) electrons. The second kappa shape index (κ2) is 10.5. The monoisotopic (exact) mass is 361 g/mol. The molecule has 0 aliphatic heterocycles. The second-order valence-electron chi connectivity index (χ2n) is 8.28. The third-order valence-electron chi connectivity index (χ3n) is 6.08. The fourth-order valence-corrected chi connectivity index (χ4v) is 5.82. The number of halogens is 2. The van der Waals surface area contributed by atoms with E-state index in [1.165, 1.54) is 64.5 Å². The summed E-state index contributed by atoms with van der Waals surface area (Å²) in [6, 6.07) is 0. The van der Waals surface area contributed by atoms with Crippen LogP contribution in [0.15, 0.2) is 0 Å². The van der Waals surface area contributed by atoms with Crippen LogP contribution < -0.4 is 0 Å². The highest BCUT2D eigenvalue weighted by Crippen LogP contribution is 2.34. The molecule has 136 valence electrons. The molecule has 0 bridgehead atoms. The molecule has 0 saturated heterocycles. The Labute approximate surface area is 154 Å². The van der Waals surface area contributed by atoms with Crippen molar-refractivity contribution >= 4 is 23.2 Å². The Balaban J connectivity index is 1.81. The number of hydrogen-bond donors (Lipinski definition) is 0. The Hall–Kier alpha value is 0.540. The largest absolute Gasteiger partial charge is 0.306 e. The second-order valence-corrected chi connectivity index (χ2v) is 9.51. The number of alkyl halides is 2. The van der Waals surface area contributed by atoms with Gasteiger partial charge < -0.3 is 4.90 Å². The summed E-state index contributed by atoms with van der Waals surface area (Å²) in [7, 11) is 2.33. The highest BCUT2D eigenvalue weighted by molar-refractivity contribution is 6.23. The molecule has 0 aromatic heterocycles. The SMILES string of the molecule is CCCC(CN(C)CC1CC[C@@H](Cl)C[C@@H](Cl)C1)C1CCCCC1. The van der Waals surface area contributed by atoms with E-state index in [0.29, 0.717) is 5.38 Å². The molecule has 1 nitrogen and oxygen atoms in total. The van der Waals surface area contributed by atoms with Crippen molar-refractivity contribution < 1.29 is 0 Å². The topological polar surface area (TPSA) is 3.24 Å². The molecular formula is C20H37Cl2N. The van der Waals surface area contributed by atoms with Crippen LogP contribution in [0.2, 0.25) is 0 Å². The maximum Gasteiger partial charge on any atom is 0.0353 e. The minimum absolute atomic E-state index is 0.281. The van der Waals surface area contributed by atoms with Gasteiger partial charge in [-0.05, 0) is 56.9 Å². The molecule has 0 aromatic rings. The van der Waals surface area contributed by atoms with Gasteiger partial charge in [0.25, 0.3) is 0 Å². The van der Waals surface area contributed by atoms with Crippen LogP contribution in [0.4, 0.5) is 0 Å². The van der Waals surface area contributed by atoms with Gasteiger partial charge in [0.05, 0.1) is 0 Å². The lowest BCUT2D eigenvalue weighted by Crippen LogP contribution is -2.34.